The first kappa shape index (κ1) is 12.8. The van der Waals surface area contributed by atoms with Crippen molar-refractivity contribution in [3.63, 3.8) is 0 Å². The molecule has 0 spiro atoms. The smallest absolute Gasteiger partial charge is 0.303 e. The van der Waals surface area contributed by atoms with Crippen molar-refractivity contribution in [1.29, 1.82) is 0 Å². The van der Waals surface area contributed by atoms with Gasteiger partial charge in [-0.15, -0.1) is 0 Å². The fourth-order valence-corrected chi connectivity index (χ4v) is 2.45. The molecule has 15 heavy (non-hydrogen) atoms. The van der Waals surface area contributed by atoms with Crippen LogP contribution in [0.4, 0.5) is 0 Å². The molecule has 0 radical (unpaired) electrons. The van der Waals surface area contributed by atoms with Crippen LogP contribution in [0.3, 0.4) is 0 Å². The number of hydrogen-bond acceptors (Lipinski definition) is 3. The minimum Gasteiger partial charge on any atom is -0.481 e. The van der Waals surface area contributed by atoms with Crippen molar-refractivity contribution in [1.82, 2.24) is 0 Å². The monoisotopic (exact) mass is 232 g/mol. The molecule has 4 heteroatoms. The van der Waals surface area contributed by atoms with Gasteiger partial charge < -0.3 is 9.84 Å². The lowest BCUT2D eigenvalue weighted by Crippen LogP contribution is -2.23. The van der Waals surface area contributed by atoms with Gasteiger partial charge in [0.25, 0.3) is 0 Å². The van der Waals surface area contributed by atoms with E-state index in [1.807, 2.05) is 0 Å². The molecule has 0 saturated carbocycles. The number of unbranched alkanes of at least 4 members (excludes halogenated alkanes) is 1. The quantitative estimate of drug-likeness (QED) is 0.546. The standard InChI is InChI=1S/C11H20O3S/c12-11(13)4-2-1-3-10(15)9-5-7-14-8-6-9/h9-10,15H,1-8H2,(H,12,13). The maximum absolute atomic E-state index is 10.3. The first-order valence-electron chi connectivity index (χ1n) is 5.67. The van der Waals surface area contributed by atoms with Gasteiger partial charge >= 0.3 is 5.97 Å². The van der Waals surface area contributed by atoms with Crippen molar-refractivity contribution in [3.05, 3.63) is 0 Å². The Labute approximate surface area is 96.6 Å². The number of carboxylic acid groups (broad SMARTS) is 1. The SMILES string of the molecule is O=C(O)CCCCC(S)C1CCOCC1. The van der Waals surface area contributed by atoms with Crippen molar-refractivity contribution in [3.8, 4) is 0 Å². The minimum atomic E-state index is -0.697. The van der Waals surface area contributed by atoms with Gasteiger partial charge in [0, 0.05) is 24.9 Å². The molecule has 1 aliphatic rings. The maximum Gasteiger partial charge on any atom is 0.303 e. The van der Waals surface area contributed by atoms with Crippen LogP contribution < -0.4 is 0 Å². The Hall–Kier alpha value is -0.220. The average Bonchev–Trinajstić information content (AvgIpc) is 2.25. The average molecular weight is 232 g/mol. The lowest BCUT2D eigenvalue weighted by Gasteiger charge is -2.27. The highest BCUT2D eigenvalue weighted by Crippen LogP contribution is 2.26. The van der Waals surface area contributed by atoms with Crippen LogP contribution in [0.1, 0.15) is 38.5 Å². The van der Waals surface area contributed by atoms with Gasteiger partial charge in [0.1, 0.15) is 0 Å². The Morgan fingerprint density at radius 3 is 2.67 bits per heavy atom. The van der Waals surface area contributed by atoms with Gasteiger partial charge in [-0.25, -0.2) is 0 Å². The Bertz CT molecular complexity index is 190. The number of carbonyl (C=O) groups is 1. The van der Waals surface area contributed by atoms with Crippen molar-refractivity contribution < 1.29 is 14.6 Å². The van der Waals surface area contributed by atoms with E-state index in [0.717, 1.165) is 45.3 Å². The zero-order chi connectivity index (χ0) is 11.1. The summed E-state index contributed by atoms with van der Waals surface area (Å²) in [4.78, 5) is 10.3. The van der Waals surface area contributed by atoms with E-state index in [-0.39, 0.29) is 6.42 Å². The van der Waals surface area contributed by atoms with Gasteiger partial charge in [0.05, 0.1) is 0 Å². The number of aliphatic carboxylic acids is 1. The molecule has 0 bridgehead atoms. The number of ether oxygens (including phenoxy) is 1. The van der Waals surface area contributed by atoms with Crippen LogP contribution in [0.5, 0.6) is 0 Å². The van der Waals surface area contributed by atoms with E-state index >= 15 is 0 Å². The first-order valence-corrected chi connectivity index (χ1v) is 6.19. The van der Waals surface area contributed by atoms with Crippen LogP contribution in [0.2, 0.25) is 0 Å². The van der Waals surface area contributed by atoms with E-state index in [1.54, 1.807) is 0 Å². The second-order valence-electron chi connectivity index (χ2n) is 4.16. The van der Waals surface area contributed by atoms with Crippen LogP contribution >= 0.6 is 12.6 Å². The van der Waals surface area contributed by atoms with Gasteiger partial charge in [-0.1, -0.05) is 6.42 Å². The zero-order valence-electron chi connectivity index (χ0n) is 9.02. The molecule has 0 aliphatic carbocycles. The van der Waals surface area contributed by atoms with Crippen molar-refractivity contribution in [2.45, 2.75) is 43.8 Å². The summed E-state index contributed by atoms with van der Waals surface area (Å²) in [6.45, 7) is 1.72. The summed E-state index contributed by atoms with van der Waals surface area (Å²) < 4.78 is 5.30. The molecule has 1 atom stereocenters. The van der Waals surface area contributed by atoms with Crippen LogP contribution in [0.15, 0.2) is 0 Å². The normalized spacial score (nSPS) is 20.1. The molecule has 1 fully saturated rings. The van der Waals surface area contributed by atoms with Crippen molar-refractivity contribution in [2.75, 3.05) is 13.2 Å². The second kappa shape index (κ2) is 7.12. The molecular formula is C11H20O3S. The highest BCUT2D eigenvalue weighted by molar-refractivity contribution is 7.81. The Morgan fingerprint density at radius 2 is 2.07 bits per heavy atom. The highest BCUT2D eigenvalue weighted by Gasteiger charge is 2.20. The second-order valence-corrected chi connectivity index (χ2v) is 4.82. The molecule has 1 unspecified atom stereocenters. The molecule has 1 rings (SSSR count). The molecule has 88 valence electrons. The predicted octanol–water partition coefficient (Wildman–Crippen LogP) is 2.36. The first-order chi connectivity index (χ1) is 7.20. The van der Waals surface area contributed by atoms with E-state index in [9.17, 15) is 4.79 Å². The third-order valence-corrected chi connectivity index (χ3v) is 3.63. The third kappa shape index (κ3) is 5.42. The van der Waals surface area contributed by atoms with Crippen LogP contribution in [0.25, 0.3) is 0 Å². The van der Waals surface area contributed by atoms with E-state index in [1.165, 1.54) is 0 Å². The minimum absolute atomic E-state index is 0.286. The Balaban J connectivity index is 2.06. The predicted molar refractivity (Wildman–Crippen MR) is 62.4 cm³/mol. The summed E-state index contributed by atoms with van der Waals surface area (Å²) in [5, 5.41) is 8.91. The maximum atomic E-state index is 10.3. The van der Waals surface area contributed by atoms with Gasteiger partial charge in [0.2, 0.25) is 0 Å². The summed E-state index contributed by atoms with van der Waals surface area (Å²) in [6.07, 6.45) is 5.27. The fraction of sp³-hybridized carbons (Fsp3) is 0.909. The van der Waals surface area contributed by atoms with E-state index < -0.39 is 5.97 Å². The summed E-state index contributed by atoms with van der Waals surface area (Å²) in [6, 6.07) is 0. The summed E-state index contributed by atoms with van der Waals surface area (Å²) in [5.41, 5.74) is 0. The number of carboxylic acids is 1. The van der Waals surface area contributed by atoms with Gasteiger partial charge in [-0.2, -0.15) is 12.6 Å². The fourth-order valence-electron chi connectivity index (χ4n) is 1.97. The molecule has 0 amide bonds. The van der Waals surface area contributed by atoms with Crippen molar-refractivity contribution in [2.24, 2.45) is 5.92 Å². The number of thiol groups is 1. The van der Waals surface area contributed by atoms with Gasteiger partial charge in [0.15, 0.2) is 0 Å². The van der Waals surface area contributed by atoms with Crippen LogP contribution in [-0.4, -0.2) is 29.5 Å². The molecule has 0 aromatic rings. The lowest BCUT2D eigenvalue weighted by atomic mass is 9.93. The third-order valence-electron chi connectivity index (χ3n) is 2.95. The molecule has 0 aromatic heterocycles. The molecule has 1 N–H and O–H groups in total. The van der Waals surface area contributed by atoms with E-state index in [0.29, 0.717) is 11.2 Å². The summed E-state index contributed by atoms with van der Waals surface area (Å²) in [7, 11) is 0. The molecule has 1 heterocycles. The molecule has 0 aromatic carbocycles. The van der Waals surface area contributed by atoms with Crippen LogP contribution in [0, 0.1) is 5.92 Å². The van der Waals surface area contributed by atoms with E-state index in [2.05, 4.69) is 12.6 Å². The summed E-state index contributed by atoms with van der Waals surface area (Å²) >= 11 is 4.59. The Kier molecular flexibility index (Phi) is 6.10. The molecule has 1 saturated heterocycles. The van der Waals surface area contributed by atoms with Crippen molar-refractivity contribution >= 4 is 18.6 Å². The zero-order valence-corrected chi connectivity index (χ0v) is 9.92. The molecule has 1 aliphatic heterocycles. The summed E-state index contributed by atoms with van der Waals surface area (Å²) in [5.74, 6) is -0.0382. The molecule has 3 nitrogen and oxygen atoms in total. The lowest BCUT2D eigenvalue weighted by molar-refractivity contribution is -0.137. The van der Waals surface area contributed by atoms with Gasteiger partial charge in [-0.3, -0.25) is 4.79 Å². The highest BCUT2D eigenvalue weighted by atomic mass is 32.1. The largest absolute Gasteiger partial charge is 0.481 e. The Morgan fingerprint density at radius 1 is 1.40 bits per heavy atom. The number of hydrogen-bond donors (Lipinski definition) is 2. The number of rotatable bonds is 6. The van der Waals surface area contributed by atoms with E-state index in [4.69, 9.17) is 9.84 Å². The molecular weight excluding hydrogens is 212 g/mol. The van der Waals surface area contributed by atoms with Crippen LogP contribution in [-0.2, 0) is 9.53 Å². The van der Waals surface area contributed by atoms with Gasteiger partial charge in [-0.05, 0) is 31.6 Å². The topological polar surface area (TPSA) is 46.5 Å².